The van der Waals surface area contributed by atoms with Gasteiger partial charge in [0.25, 0.3) is 0 Å². The van der Waals surface area contributed by atoms with E-state index in [1.807, 2.05) is 0 Å². The summed E-state index contributed by atoms with van der Waals surface area (Å²) < 4.78 is 59.0. The number of nitrogens with zero attached hydrogens (tertiary/aromatic N) is 4. The molecule has 3 heterocycles. The summed E-state index contributed by atoms with van der Waals surface area (Å²) in [4.78, 5) is 61.2. The minimum atomic E-state index is -5.81. The van der Waals surface area contributed by atoms with E-state index in [1.54, 1.807) is 6.07 Å². The fourth-order valence-electron chi connectivity index (χ4n) is 3.63. The Labute approximate surface area is 222 Å². The fraction of sp³-hybridized carbons (Fsp3) is 0.294. The number of hydrogen-bond donors (Lipinski definition) is 7. The van der Waals surface area contributed by atoms with Gasteiger partial charge in [-0.15, -0.1) is 0 Å². The molecule has 0 bridgehead atoms. The standard InChI is InChI=1S/C17H21N6O14P3/c18-9-4-2-1-3-8(9)17(25)35-13-10(5-33-39(29,30)37-40(31,32)36-38(26,27)28)34-16(12(13)24)23-7-22-11-14(19)20-6-21-15(11)23/h1-4,6-7,10,12-13,16,24H,5,18H2,(H,29,30)(H,31,32)(H2,19,20,21)(H2,26,27,28)/t10-,12-,13-,16+/m1/s1. The van der Waals surface area contributed by atoms with E-state index in [9.17, 15) is 33.4 Å². The van der Waals surface area contributed by atoms with E-state index >= 15 is 0 Å². The fourth-order valence-corrected chi connectivity index (χ4v) is 6.66. The van der Waals surface area contributed by atoms with Crippen molar-refractivity contribution < 1.29 is 65.8 Å². The van der Waals surface area contributed by atoms with Crippen molar-refractivity contribution in [3.05, 3.63) is 42.5 Å². The summed E-state index contributed by atoms with van der Waals surface area (Å²) in [5.74, 6) is -1.01. The first-order chi connectivity index (χ1) is 18.6. The summed E-state index contributed by atoms with van der Waals surface area (Å²) in [6.45, 7) is -1.04. The molecule has 1 aliphatic rings. The van der Waals surface area contributed by atoms with Crippen LogP contribution < -0.4 is 11.5 Å². The molecule has 9 N–H and O–H groups in total. The van der Waals surface area contributed by atoms with Crippen molar-refractivity contribution in [2.75, 3.05) is 18.1 Å². The van der Waals surface area contributed by atoms with Crippen LogP contribution in [0.1, 0.15) is 16.6 Å². The highest BCUT2D eigenvalue weighted by atomic mass is 31.3. The summed E-state index contributed by atoms with van der Waals surface area (Å²) in [5.41, 5.74) is 11.8. The first kappa shape index (κ1) is 30.1. The molecule has 40 heavy (non-hydrogen) atoms. The number of imidazole rings is 1. The lowest BCUT2D eigenvalue weighted by Gasteiger charge is -2.22. The molecule has 0 amide bonds. The Balaban J connectivity index is 1.59. The highest BCUT2D eigenvalue weighted by Crippen LogP contribution is 2.66. The second kappa shape index (κ2) is 11.2. The number of aliphatic hydroxyl groups excluding tert-OH is 1. The molecule has 23 heteroatoms. The number of rotatable bonds is 10. The van der Waals surface area contributed by atoms with E-state index < -0.39 is 60.6 Å². The molecule has 2 aromatic heterocycles. The Kier molecular flexibility index (Phi) is 8.45. The van der Waals surface area contributed by atoms with E-state index in [4.69, 9.17) is 30.7 Å². The zero-order valence-corrected chi connectivity index (χ0v) is 22.4. The van der Waals surface area contributed by atoms with Gasteiger partial charge in [-0.3, -0.25) is 9.09 Å². The maximum absolute atomic E-state index is 12.8. The number of para-hydroxylation sites is 1. The van der Waals surface area contributed by atoms with Gasteiger partial charge in [0.05, 0.1) is 18.5 Å². The number of aliphatic hydroxyl groups is 1. The van der Waals surface area contributed by atoms with Crippen molar-refractivity contribution in [2.45, 2.75) is 24.5 Å². The Bertz CT molecular complexity index is 1560. The van der Waals surface area contributed by atoms with Crippen molar-refractivity contribution in [2.24, 2.45) is 0 Å². The third-order valence-electron chi connectivity index (χ3n) is 5.21. The third kappa shape index (κ3) is 6.90. The van der Waals surface area contributed by atoms with Gasteiger partial charge < -0.3 is 45.6 Å². The number of phosphoric acid groups is 3. The van der Waals surface area contributed by atoms with E-state index in [-0.39, 0.29) is 28.2 Å². The van der Waals surface area contributed by atoms with E-state index in [1.165, 1.54) is 29.1 Å². The number of benzene rings is 1. The summed E-state index contributed by atoms with van der Waals surface area (Å²) in [6, 6.07) is 5.79. The lowest BCUT2D eigenvalue weighted by Crippen LogP contribution is -2.38. The summed E-state index contributed by atoms with van der Waals surface area (Å²) in [5, 5.41) is 11.1. The lowest BCUT2D eigenvalue weighted by molar-refractivity contribution is -0.0520. The molecule has 6 atom stereocenters. The number of hydrogen-bond acceptors (Lipinski definition) is 15. The molecule has 0 aliphatic carbocycles. The number of nitrogen functional groups attached to an aromatic ring is 2. The number of nitrogens with two attached hydrogens (primary N) is 2. The highest BCUT2D eigenvalue weighted by Gasteiger charge is 2.49. The quantitative estimate of drug-likeness (QED) is 0.0871. The van der Waals surface area contributed by atoms with Crippen LogP contribution in [0.2, 0.25) is 0 Å². The van der Waals surface area contributed by atoms with Crippen LogP contribution in [0.4, 0.5) is 11.5 Å². The van der Waals surface area contributed by atoms with Gasteiger partial charge in [0.15, 0.2) is 23.8 Å². The van der Waals surface area contributed by atoms with Crippen LogP contribution >= 0.6 is 23.5 Å². The Morgan fingerprint density at radius 3 is 2.40 bits per heavy atom. The molecule has 1 aliphatic heterocycles. The maximum atomic E-state index is 12.8. The largest absolute Gasteiger partial charge is 0.490 e. The lowest BCUT2D eigenvalue weighted by atomic mass is 10.1. The number of fused-ring (bicyclic) bond motifs is 1. The number of phosphoric ester groups is 1. The van der Waals surface area contributed by atoms with Crippen molar-refractivity contribution in [1.29, 1.82) is 0 Å². The molecule has 0 saturated carbocycles. The van der Waals surface area contributed by atoms with Crippen molar-refractivity contribution in [3.8, 4) is 0 Å². The van der Waals surface area contributed by atoms with Gasteiger partial charge in [-0.25, -0.2) is 33.4 Å². The zero-order chi connectivity index (χ0) is 29.5. The molecule has 0 radical (unpaired) electrons. The predicted molar refractivity (Wildman–Crippen MR) is 130 cm³/mol. The van der Waals surface area contributed by atoms with Crippen LogP contribution in [0.15, 0.2) is 36.9 Å². The molecule has 1 aromatic carbocycles. The smallest absolute Gasteiger partial charge is 0.453 e. The van der Waals surface area contributed by atoms with Gasteiger partial charge in [-0.2, -0.15) is 8.62 Å². The second-order valence-electron chi connectivity index (χ2n) is 7.98. The van der Waals surface area contributed by atoms with E-state index in [0.717, 1.165) is 6.33 Å². The number of carbonyl (C=O) groups excluding carboxylic acids is 1. The third-order valence-corrected chi connectivity index (χ3v) is 9.01. The van der Waals surface area contributed by atoms with Gasteiger partial charge in [0.2, 0.25) is 0 Å². The minimum absolute atomic E-state index is 0.00276. The predicted octanol–water partition coefficient (Wildman–Crippen LogP) is -0.182. The van der Waals surface area contributed by atoms with Crippen LogP contribution in [0, 0.1) is 0 Å². The van der Waals surface area contributed by atoms with Crippen LogP contribution in [0.3, 0.4) is 0 Å². The van der Waals surface area contributed by atoms with E-state index in [0.29, 0.717) is 0 Å². The molecule has 2 unspecified atom stereocenters. The summed E-state index contributed by atoms with van der Waals surface area (Å²) in [7, 11) is -17.0. The van der Waals surface area contributed by atoms with E-state index in [2.05, 4.69) is 28.1 Å². The number of carbonyl (C=O) groups is 1. The molecular formula is C17H21N6O14P3. The van der Waals surface area contributed by atoms with Gasteiger partial charge >= 0.3 is 29.4 Å². The molecule has 1 fully saturated rings. The molecule has 0 spiro atoms. The average Bonchev–Trinajstić information content (AvgIpc) is 3.38. The Morgan fingerprint density at radius 1 is 1.02 bits per heavy atom. The number of aromatic nitrogens is 4. The first-order valence-corrected chi connectivity index (χ1v) is 15.2. The molecule has 1 saturated heterocycles. The second-order valence-corrected chi connectivity index (χ2v) is 12.4. The van der Waals surface area contributed by atoms with Gasteiger partial charge in [0.1, 0.15) is 24.1 Å². The van der Waals surface area contributed by atoms with Crippen LogP contribution in [-0.2, 0) is 36.3 Å². The van der Waals surface area contributed by atoms with Crippen LogP contribution in [-0.4, -0.2) is 75.1 Å². The normalized spacial score (nSPS) is 24.4. The zero-order valence-electron chi connectivity index (χ0n) is 19.7. The molecule has 218 valence electrons. The van der Waals surface area contributed by atoms with Crippen LogP contribution in [0.5, 0.6) is 0 Å². The van der Waals surface area contributed by atoms with Gasteiger partial charge in [-0.1, -0.05) is 12.1 Å². The van der Waals surface area contributed by atoms with Crippen molar-refractivity contribution in [3.63, 3.8) is 0 Å². The number of esters is 1. The van der Waals surface area contributed by atoms with Crippen molar-refractivity contribution in [1.82, 2.24) is 19.5 Å². The van der Waals surface area contributed by atoms with Crippen LogP contribution in [0.25, 0.3) is 11.2 Å². The topological polar surface area (TPSA) is 311 Å². The minimum Gasteiger partial charge on any atom is -0.453 e. The number of ether oxygens (including phenoxy) is 2. The first-order valence-electron chi connectivity index (χ1n) is 10.7. The summed E-state index contributed by atoms with van der Waals surface area (Å²) >= 11 is 0. The SMILES string of the molecule is Nc1ccccc1C(=O)O[C@H]1[C@@H](O)[C@@H](n2cnc3c(N)ncnc32)O[C@@H]1COP(=O)(O)OP(=O)(O)OP(=O)(O)O. The van der Waals surface area contributed by atoms with Gasteiger partial charge in [0, 0.05) is 5.69 Å². The molecule has 3 aromatic rings. The Morgan fingerprint density at radius 2 is 1.73 bits per heavy atom. The Hall–Kier alpha value is -2.83. The molecule has 4 rings (SSSR count). The molecule has 20 nitrogen and oxygen atoms in total. The highest BCUT2D eigenvalue weighted by molar-refractivity contribution is 7.66. The average molecular weight is 626 g/mol. The maximum Gasteiger partial charge on any atom is 0.490 e. The monoisotopic (exact) mass is 626 g/mol. The molecular weight excluding hydrogens is 605 g/mol. The number of anilines is 2. The van der Waals surface area contributed by atoms with Crippen molar-refractivity contribution >= 4 is 52.1 Å². The van der Waals surface area contributed by atoms with Gasteiger partial charge in [-0.05, 0) is 12.1 Å². The summed E-state index contributed by atoms with van der Waals surface area (Å²) in [6.07, 6.45) is -3.99.